The molecule has 1 aromatic carbocycles. The average Bonchev–Trinajstić information content (AvgIpc) is 3.04. The first kappa shape index (κ1) is 17.8. The van der Waals surface area contributed by atoms with Crippen molar-refractivity contribution in [2.75, 3.05) is 13.7 Å². The summed E-state index contributed by atoms with van der Waals surface area (Å²) in [5.41, 5.74) is 1.33. The van der Waals surface area contributed by atoms with Crippen molar-refractivity contribution in [2.24, 2.45) is 17.8 Å². The zero-order valence-corrected chi connectivity index (χ0v) is 15.4. The fourth-order valence-electron chi connectivity index (χ4n) is 4.48. The molecule has 3 nitrogen and oxygen atoms in total. The predicted octanol–water partition coefficient (Wildman–Crippen LogP) is 4.09. The minimum absolute atomic E-state index is 0.0362. The smallest absolute Gasteiger partial charge is 0.119 e. The fourth-order valence-corrected chi connectivity index (χ4v) is 4.48. The Morgan fingerprint density at radius 3 is 2.54 bits per heavy atom. The molecule has 0 saturated heterocycles. The van der Waals surface area contributed by atoms with Crippen molar-refractivity contribution in [3.05, 3.63) is 29.8 Å². The number of aliphatic hydroxyl groups is 1. The number of fused-ring (bicyclic) bond motifs is 1. The van der Waals surface area contributed by atoms with Gasteiger partial charge in [-0.25, -0.2) is 0 Å². The van der Waals surface area contributed by atoms with Gasteiger partial charge in [0.2, 0.25) is 0 Å². The second-order valence-electron chi connectivity index (χ2n) is 8.36. The molecular weight excluding hydrogens is 298 g/mol. The normalized spacial score (nSPS) is 29.4. The Bertz CT molecular complexity index is 516. The lowest BCUT2D eigenvalue weighted by atomic mass is 10.0. The van der Waals surface area contributed by atoms with E-state index in [4.69, 9.17) is 4.74 Å². The van der Waals surface area contributed by atoms with Crippen molar-refractivity contribution < 1.29 is 9.84 Å². The van der Waals surface area contributed by atoms with Gasteiger partial charge in [-0.2, -0.15) is 0 Å². The number of benzene rings is 1. The molecule has 2 aliphatic carbocycles. The Kier molecular flexibility index (Phi) is 5.83. The van der Waals surface area contributed by atoms with Crippen LogP contribution in [0.1, 0.15) is 51.5 Å². The summed E-state index contributed by atoms with van der Waals surface area (Å²) >= 11 is 0. The van der Waals surface area contributed by atoms with Gasteiger partial charge in [-0.1, -0.05) is 26.0 Å². The highest BCUT2D eigenvalue weighted by Gasteiger charge is 2.42. The molecule has 0 spiro atoms. The topological polar surface area (TPSA) is 32.7 Å². The lowest BCUT2D eigenvalue weighted by Crippen LogP contribution is -2.29. The van der Waals surface area contributed by atoms with E-state index in [1.165, 1.54) is 18.4 Å². The number of rotatable bonds is 7. The number of ether oxygens (including phenoxy) is 1. The first-order valence-corrected chi connectivity index (χ1v) is 9.61. The molecule has 1 N–H and O–H groups in total. The minimum atomic E-state index is -0.0362. The molecule has 0 amide bonds. The van der Waals surface area contributed by atoms with Gasteiger partial charge in [0.15, 0.2) is 0 Å². The molecule has 0 heterocycles. The Morgan fingerprint density at radius 2 is 1.88 bits per heavy atom. The van der Waals surface area contributed by atoms with Crippen LogP contribution in [0, 0.1) is 17.8 Å². The van der Waals surface area contributed by atoms with Gasteiger partial charge in [-0.05, 0) is 74.6 Å². The van der Waals surface area contributed by atoms with E-state index in [1.54, 1.807) is 0 Å². The summed E-state index contributed by atoms with van der Waals surface area (Å²) in [5, 5.41) is 9.80. The number of aliphatic hydroxyl groups excluding tert-OH is 1. The molecule has 1 aromatic rings. The van der Waals surface area contributed by atoms with E-state index >= 15 is 0 Å². The Labute approximate surface area is 147 Å². The van der Waals surface area contributed by atoms with Gasteiger partial charge >= 0.3 is 0 Å². The third-order valence-corrected chi connectivity index (χ3v) is 5.88. The van der Waals surface area contributed by atoms with Crippen molar-refractivity contribution in [2.45, 2.75) is 64.6 Å². The Balaban J connectivity index is 1.50. The summed E-state index contributed by atoms with van der Waals surface area (Å²) in [6.45, 7) is 6.23. The van der Waals surface area contributed by atoms with Crippen LogP contribution in [0.4, 0.5) is 0 Å². The highest BCUT2D eigenvalue weighted by Crippen LogP contribution is 2.45. The van der Waals surface area contributed by atoms with Crippen LogP contribution in [0.5, 0.6) is 5.75 Å². The second-order valence-corrected chi connectivity index (χ2v) is 8.36. The summed E-state index contributed by atoms with van der Waals surface area (Å²) in [7, 11) is 2.24. The molecule has 24 heavy (non-hydrogen) atoms. The average molecular weight is 332 g/mol. The zero-order chi connectivity index (χ0) is 17.1. The maximum atomic E-state index is 9.80. The molecule has 2 saturated carbocycles. The lowest BCUT2D eigenvalue weighted by Gasteiger charge is -2.25. The first-order chi connectivity index (χ1) is 11.5. The van der Waals surface area contributed by atoms with E-state index in [9.17, 15) is 5.11 Å². The zero-order valence-electron chi connectivity index (χ0n) is 15.4. The minimum Gasteiger partial charge on any atom is -0.494 e. The van der Waals surface area contributed by atoms with E-state index < -0.39 is 0 Å². The first-order valence-electron chi connectivity index (χ1n) is 9.61. The van der Waals surface area contributed by atoms with Gasteiger partial charge in [0.1, 0.15) is 5.75 Å². The van der Waals surface area contributed by atoms with E-state index in [0.29, 0.717) is 12.0 Å². The number of hydrogen-bond acceptors (Lipinski definition) is 3. The van der Waals surface area contributed by atoms with Crippen molar-refractivity contribution in [1.29, 1.82) is 0 Å². The molecule has 2 unspecified atom stereocenters. The number of nitrogens with zero attached hydrogens (tertiary/aromatic N) is 1. The van der Waals surface area contributed by atoms with Crippen LogP contribution >= 0.6 is 0 Å². The van der Waals surface area contributed by atoms with Gasteiger partial charge in [0.25, 0.3) is 0 Å². The Morgan fingerprint density at radius 1 is 1.17 bits per heavy atom. The van der Waals surface area contributed by atoms with Gasteiger partial charge < -0.3 is 9.84 Å². The van der Waals surface area contributed by atoms with Crippen LogP contribution in [0.25, 0.3) is 0 Å². The monoisotopic (exact) mass is 331 g/mol. The third kappa shape index (κ3) is 4.52. The van der Waals surface area contributed by atoms with E-state index in [0.717, 1.165) is 50.0 Å². The molecule has 4 atom stereocenters. The number of hydrogen-bond donors (Lipinski definition) is 1. The fraction of sp³-hybridized carbons (Fsp3) is 0.714. The van der Waals surface area contributed by atoms with Crippen LogP contribution in [0.15, 0.2) is 24.3 Å². The summed E-state index contributed by atoms with van der Waals surface area (Å²) in [6.07, 6.45) is 5.61. The molecule has 3 heteroatoms. The van der Waals surface area contributed by atoms with Crippen LogP contribution < -0.4 is 4.74 Å². The van der Waals surface area contributed by atoms with E-state index in [2.05, 4.69) is 50.1 Å². The third-order valence-electron chi connectivity index (χ3n) is 5.88. The van der Waals surface area contributed by atoms with Gasteiger partial charge in [0, 0.05) is 12.6 Å². The second kappa shape index (κ2) is 7.88. The molecular formula is C21H33NO2. The van der Waals surface area contributed by atoms with Crippen molar-refractivity contribution in [1.82, 2.24) is 4.90 Å². The maximum Gasteiger partial charge on any atom is 0.119 e. The molecule has 0 aliphatic heterocycles. The summed E-state index contributed by atoms with van der Waals surface area (Å²) in [4.78, 5) is 2.50. The van der Waals surface area contributed by atoms with Gasteiger partial charge in [-0.3, -0.25) is 4.90 Å². The Hall–Kier alpha value is -1.06. The lowest BCUT2D eigenvalue weighted by molar-refractivity contribution is 0.158. The summed E-state index contributed by atoms with van der Waals surface area (Å²) in [6, 6.07) is 9.22. The molecule has 134 valence electrons. The highest BCUT2D eigenvalue weighted by molar-refractivity contribution is 5.28. The van der Waals surface area contributed by atoms with Crippen LogP contribution in [0.3, 0.4) is 0 Å². The highest BCUT2D eigenvalue weighted by atomic mass is 16.5. The van der Waals surface area contributed by atoms with E-state index in [-0.39, 0.29) is 6.10 Å². The molecule has 0 radical (unpaired) electrons. The van der Waals surface area contributed by atoms with E-state index in [1.807, 2.05) is 0 Å². The molecule has 0 aromatic heterocycles. The molecule has 2 aliphatic rings. The van der Waals surface area contributed by atoms with Crippen molar-refractivity contribution in [3.63, 3.8) is 0 Å². The summed E-state index contributed by atoms with van der Waals surface area (Å²) in [5.74, 6) is 3.17. The molecule has 3 rings (SSSR count). The SMILES string of the molecule is CC(C)CCOc1cccc(CN(C)C2C[C@H]3CC(O)C[C@H]3C2)c1. The molecule has 0 bridgehead atoms. The standard InChI is InChI=1S/C21H33NO2/c1-15(2)7-8-24-21-6-4-5-16(9-21)14-22(3)19-10-17-12-20(23)13-18(17)11-19/h4-6,9,15,17-20,23H,7-8,10-14H2,1-3H3/t17-,18+,19?,20?. The largest absolute Gasteiger partial charge is 0.494 e. The summed E-state index contributed by atoms with van der Waals surface area (Å²) < 4.78 is 5.89. The predicted molar refractivity (Wildman–Crippen MR) is 98.1 cm³/mol. The van der Waals surface area contributed by atoms with Gasteiger partial charge in [0.05, 0.1) is 12.7 Å². The maximum absolute atomic E-state index is 9.80. The quantitative estimate of drug-likeness (QED) is 0.817. The van der Waals surface area contributed by atoms with Crippen LogP contribution in [-0.4, -0.2) is 35.8 Å². The van der Waals surface area contributed by atoms with Gasteiger partial charge in [-0.15, -0.1) is 0 Å². The van der Waals surface area contributed by atoms with Crippen molar-refractivity contribution in [3.8, 4) is 5.75 Å². The van der Waals surface area contributed by atoms with Crippen LogP contribution in [-0.2, 0) is 6.54 Å². The molecule has 2 fully saturated rings. The van der Waals surface area contributed by atoms with Crippen molar-refractivity contribution >= 4 is 0 Å². The van der Waals surface area contributed by atoms with Crippen LogP contribution in [0.2, 0.25) is 0 Å².